The summed E-state index contributed by atoms with van der Waals surface area (Å²) in [4.78, 5) is 0. The van der Waals surface area contributed by atoms with Crippen molar-refractivity contribution in [2.24, 2.45) is 0 Å². The highest BCUT2D eigenvalue weighted by atomic mass is 127. The molecule has 0 aliphatic carbocycles. The molecule has 0 N–H and O–H groups in total. The molecule has 0 amide bonds. The first-order valence-corrected chi connectivity index (χ1v) is 4.08. The fraction of sp³-hybridized carbons (Fsp3) is 1.00. The lowest BCUT2D eigenvalue weighted by atomic mass is 10.6. The third-order valence-corrected chi connectivity index (χ3v) is 1.58. The molecule has 0 rings (SSSR count). The van der Waals surface area contributed by atoms with Crippen molar-refractivity contribution in [3.05, 3.63) is 0 Å². The summed E-state index contributed by atoms with van der Waals surface area (Å²) in [5.41, 5.74) is 0. The van der Waals surface area contributed by atoms with Gasteiger partial charge in [-0.05, 0) is 15.0 Å². The smallest absolute Gasteiger partial charge is 0.378 e. The summed E-state index contributed by atoms with van der Waals surface area (Å²) < 4.78 is 4.87. The van der Waals surface area contributed by atoms with Crippen LogP contribution >= 0.6 is 31.2 Å². The monoisotopic (exact) mass is 215 g/mol. The summed E-state index contributed by atoms with van der Waals surface area (Å²) in [7, 11) is 0.652. The third-order valence-electron chi connectivity index (χ3n) is 0.272. The maximum Gasteiger partial charge on any atom is 0.378 e. The summed E-state index contributed by atoms with van der Waals surface area (Å²) in [6.07, 6.45) is 1.12. The lowest BCUT2D eigenvalue weighted by molar-refractivity contribution is 0.704. The van der Waals surface area contributed by atoms with E-state index in [0.29, 0.717) is 8.81 Å². The lowest BCUT2D eigenvalue weighted by Gasteiger charge is -1.89. The fourth-order valence-corrected chi connectivity index (χ4v) is 0.884. The Morgan fingerprint density at radius 2 is 2.67 bits per heavy atom. The van der Waals surface area contributed by atoms with Gasteiger partial charge in [0, 0.05) is 0 Å². The van der Waals surface area contributed by atoms with Crippen LogP contribution in [-0.4, -0.2) is 11.5 Å². The molecule has 0 spiro atoms. The molecule has 1 radical (unpaired) electrons. The number of hydrogen-bond acceptors (Lipinski definition) is 1. The van der Waals surface area contributed by atoms with Crippen LogP contribution < -0.4 is 0 Å². The van der Waals surface area contributed by atoms with E-state index >= 15 is 0 Å². The molecular weight excluding hydrogens is 209 g/mol. The first-order chi connectivity index (χ1) is 2.91. The van der Waals surface area contributed by atoms with E-state index in [-0.39, 0.29) is 0 Å². The Kier molecular flexibility index (Phi) is 7.41. The predicted octanol–water partition coefficient (Wildman–Crippen LogP) is 1.59. The summed E-state index contributed by atoms with van der Waals surface area (Å²) in [5.74, 6) is 0. The van der Waals surface area contributed by atoms with E-state index in [1.54, 1.807) is 5.34 Å². The van der Waals surface area contributed by atoms with Crippen molar-refractivity contribution >= 4 is 36.5 Å². The van der Waals surface area contributed by atoms with Crippen LogP contribution in [0.4, 0.5) is 0 Å². The van der Waals surface area contributed by atoms with Gasteiger partial charge in [0.2, 0.25) is 0 Å². The Hall–Kier alpha value is 1.18. The zero-order valence-corrected chi connectivity index (χ0v) is 6.73. The SMILES string of the molecule is CCPO[B]I. The molecule has 0 saturated carbocycles. The molecular formula is C2H6BIOP. The molecule has 0 aromatic rings. The molecule has 0 aliphatic heterocycles. The van der Waals surface area contributed by atoms with Gasteiger partial charge >= 0.3 is 5.34 Å². The summed E-state index contributed by atoms with van der Waals surface area (Å²) >= 11 is 2.07. The zero-order chi connectivity index (χ0) is 4.83. The molecule has 6 heavy (non-hydrogen) atoms. The Bertz CT molecular complexity index is 25.5. The molecule has 0 aromatic carbocycles. The average Bonchev–Trinajstić information content (AvgIpc) is 1.61. The van der Waals surface area contributed by atoms with Gasteiger partial charge in [-0.15, -0.1) is 22.4 Å². The van der Waals surface area contributed by atoms with Gasteiger partial charge in [-0.2, -0.15) is 0 Å². The van der Waals surface area contributed by atoms with E-state index in [9.17, 15) is 0 Å². The topological polar surface area (TPSA) is 9.23 Å². The van der Waals surface area contributed by atoms with Gasteiger partial charge in [0.25, 0.3) is 0 Å². The molecule has 0 aliphatic rings. The molecule has 1 atom stereocenters. The second kappa shape index (κ2) is 6.18. The molecule has 0 saturated heterocycles. The van der Waals surface area contributed by atoms with Crippen LogP contribution in [0.2, 0.25) is 0 Å². The summed E-state index contributed by atoms with van der Waals surface area (Å²) in [6, 6.07) is 0. The van der Waals surface area contributed by atoms with Gasteiger partial charge < -0.3 is 4.44 Å². The first kappa shape index (κ1) is 7.18. The highest BCUT2D eigenvalue weighted by Crippen LogP contribution is 2.08. The van der Waals surface area contributed by atoms with Crippen molar-refractivity contribution < 1.29 is 4.44 Å². The van der Waals surface area contributed by atoms with E-state index in [0.717, 1.165) is 6.16 Å². The largest absolute Gasteiger partial charge is 0.408 e. The van der Waals surface area contributed by atoms with Gasteiger partial charge in [-0.1, -0.05) is 6.92 Å². The fourth-order valence-electron chi connectivity index (χ4n) is 0.115. The second-order valence-corrected chi connectivity index (χ2v) is 2.44. The van der Waals surface area contributed by atoms with E-state index in [1.165, 1.54) is 0 Å². The van der Waals surface area contributed by atoms with E-state index < -0.39 is 0 Å². The summed E-state index contributed by atoms with van der Waals surface area (Å²) in [5, 5.41) is 1.69. The molecule has 0 aromatic heterocycles. The second-order valence-electron chi connectivity index (χ2n) is 0.705. The number of hydrogen-bond donors (Lipinski definition) is 0. The lowest BCUT2D eigenvalue weighted by Crippen LogP contribution is -1.73. The predicted molar refractivity (Wildman–Crippen MR) is 39.7 cm³/mol. The van der Waals surface area contributed by atoms with Gasteiger partial charge in [0.15, 0.2) is 0 Å². The maximum atomic E-state index is 4.87. The Morgan fingerprint density at radius 1 is 2.00 bits per heavy atom. The van der Waals surface area contributed by atoms with Gasteiger partial charge in [-0.25, -0.2) is 0 Å². The van der Waals surface area contributed by atoms with Crippen molar-refractivity contribution in [1.82, 2.24) is 0 Å². The Morgan fingerprint density at radius 3 is 2.83 bits per heavy atom. The number of rotatable bonds is 3. The molecule has 0 fully saturated rings. The molecule has 4 heteroatoms. The van der Waals surface area contributed by atoms with E-state index in [2.05, 4.69) is 29.3 Å². The van der Waals surface area contributed by atoms with Crippen LogP contribution in [0.3, 0.4) is 0 Å². The van der Waals surface area contributed by atoms with E-state index in [4.69, 9.17) is 4.44 Å². The third kappa shape index (κ3) is 5.18. The summed E-state index contributed by atoms with van der Waals surface area (Å²) in [6.45, 7) is 2.10. The van der Waals surface area contributed by atoms with Gasteiger partial charge in [-0.3, -0.25) is 0 Å². The Labute approximate surface area is 54.2 Å². The maximum absolute atomic E-state index is 4.87. The van der Waals surface area contributed by atoms with Crippen molar-refractivity contribution in [1.29, 1.82) is 0 Å². The minimum absolute atomic E-state index is 0.652. The van der Waals surface area contributed by atoms with E-state index in [1.807, 2.05) is 0 Å². The quantitative estimate of drug-likeness (QED) is 0.300. The first-order valence-electron chi connectivity index (χ1n) is 1.72. The zero-order valence-electron chi connectivity index (χ0n) is 3.57. The minimum Gasteiger partial charge on any atom is -0.408 e. The van der Waals surface area contributed by atoms with Gasteiger partial charge in [0.05, 0.1) is 0 Å². The molecule has 0 bridgehead atoms. The number of halogens is 1. The van der Waals surface area contributed by atoms with Crippen molar-refractivity contribution in [3.8, 4) is 0 Å². The molecule has 1 unspecified atom stereocenters. The average molecular weight is 215 g/mol. The van der Waals surface area contributed by atoms with Crippen molar-refractivity contribution in [2.45, 2.75) is 6.92 Å². The van der Waals surface area contributed by atoms with Crippen LogP contribution in [0.15, 0.2) is 0 Å². The van der Waals surface area contributed by atoms with Gasteiger partial charge in [0.1, 0.15) is 0 Å². The van der Waals surface area contributed by atoms with Crippen LogP contribution in [0.1, 0.15) is 6.92 Å². The minimum atomic E-state index is 0.652. The normalized spacial score (nSPS) is 10.3. The highest BCUT2D eigenvalue weighted by Gasteiger charge is 1.78. The molecule has 35 valence electrons. The van der Waals surface area contributed by atoms with Crippen LogP contribution in [-0.2, 0) is 4.44 Å². The Balaban J connectivity index is 2.34. The van der Waals surface area contributed by atoms with Crippen LogP contribution in [0, 0.1) is 0 Å². The highest BCUT2D eigenvalue weighted by molar-refractivity contribution is 14.1. The van der Waals surface area contributed by atoms with Crippen LogP contribution in [0.5, 0.6) is 0 Å². The standard InChI is InChI=1S/C2H6BIOP/c1-2-6-5-3-4/h6H,2H2,1H3. The van der Waals surface area contributed by atoms with Crippen molar-refractivity contribution in [3.63, 3.8) is 0 Å². The molecule has 0 heterocycles. The molecule has 1 nitrogen and oxygen atoms in total. The van der Waals surface area contributed by atoms with Crippen molar-refractivity contribution in [2.75, 3.05) is 6.16 Å². The van der Waals surface area contributed by atoms with Crippen LogP contribution in [0.25, 0.3) is 0 Å².